The normalized spacial score (nSPS) is 16.6. The van der Waals surface area contributed by atoms with Crippen LogP contribution in [-0.4, -0.2) is 37.1 Å². The minimum atomic E-state index is -0.951. The number of anilines is 1. The highest BCUT2D eigenvalue weighted by atomic mass is 35.5. The topological polar surface area (TPSA) is 85.3 Å². The molecular weight excluding hydrogens is 506 g/mol. The van der Waals surface area contributed by atoms with Crippen LogP contribution in [0.4, 0.5) is 5.69 Å². The SMILES string of the molecule is CCOc1ccc(Cl)c(/C(O)=C2\C(=O)C(=O)N(c3cc(C)ccc3C)C2c2ccc(OC)c(OCC)c2)c1. The maximum absolute atomic E-state index is 13.6. The molecule has 8 heteroatoms. The van der Waals surface area contributed by atoms with Crippen LogP contribution in [0.2, 0.25) is 5.02 Å². The molecule has 3 aromatic rings. The average molecular weight is 536 g/mol. The number of halogens is 1. The van der Waals surface area contributed by atoms with Crippen LogP contribution in [0.25, 0.3) is 5.76 Å². The number of Topliss-reactive ketones (excluding diaryl/α,β-unsaturated/α-hetero) is 1. The summed E-state index contributed by atoms with van der Waals surface area (Å²) in [7, 11) is 1.53. The van der Waals surface area contributed by atoms with E-state index in [2.05, 4.69) is 0 Å². The third-order valence-electron chi connectivity index (χ3n) is 6.38. The highest BCUT2D eigenvalue weighted by Gasteiger charge is 2.47. The Labute approximate surface area is 227 Å². The van der Waals surface area contributed by atoms with Crippen molar-refractivity contribution in [3.8, 4) is 17.2 Å². The number of aryl methyl sites for hydroxylation is 2. The van der Waals surface area contributed by atoms with Crippen LogP contribution in [-0.2, 0) is 9.59 Å². The Bertz CT molecular complexity index is 1430. The molecule has 1 aliphatic heterocycles. The van der Waals surface area contributed by atoms with Gasteiger partial charge in [-0.15, -0.1) is 0 Å². The molecule has 1 atom stereocenters. The quantitative estimate of drug-likeness (QED) is 0.204. The van der Waals surface area contributed by atoms with Gasteiger partial charge in [0, 0.05) is 11.3 Å². The van der Waals surface area contributed by atoms with E-state index in [9.17, 15) is 14.7 Å². The number of hydrogen-bond donors (Lipinski definition) is 1. The van der Waals surface area contributed by atoms with E-state index in [1.165, 1.54) is 12.0 Å². The number of amides is 1. The third kappa shape index (κ3) is 4.94. The molecular formula is C30H30ClNO6. The van der Waals surface area contributed by atoms with Crippen molar-refractivity contribution in [2.24, 2.45) is 0 Å². The maximum Gasteiger partial charge on any atom is 0.300 e. The largest absolute Gasteiger partial charge is 0.507 e. The standard InChI is InChI=1S/C30H30ClNO6/c1-6-37-20-11-12-22(31)21(16-20)28(33)26-27(19-10-13-24(36-5)25(15-19)38-7-2)32(30(35)29(26)34)23-14-17(3)8-9-18(23)4/h8-16,27,33H,6-7H2,1-5H3/b28-26+. The predicted octanol–water partition coefficient (Wildman–Crippen LogP) is 6.39. The van der Waals surface area contributed by atoms with Crippen molar-refractivity contribution in [2.75, 3.05) is 25.2 Å². The van der Waals surface area contributed by atoms with Crippen molar-refractivity contribution in [1.29, 1.82) is 0 Å². The van der Waals surface area contributed by atoms with Crippen LogP contribution >= 0.6 is 11.6 Å². The summed E-state index contributed by atoms with van der Waals surface area (Å²) in [6.07, 6.45) is 0. The van der Waals surface area contributed by atoms with Crippen molar-refractivity contribution in [2.45, 2.75) is 33.7 Å². The zero-order chi connectivity index (χ0) is 27.6. The summed E-state index contributed by atoms with van der Waals surface area (Å²) in [5, 5.41) is 11.8. The van der Waals surface area contributed by atoms with Gasteiger partial charge in [0.05, 0.1) is 37.0 Å². The monoisotopic (exact) mass is 535 g/mol. The molecule has 1 heterocycles. The second-order valence-corrected chi connectivity index (χ2v) is 9.28. The summed E-state index contributed by atoms with van der Waals surface area (Å²) >= 11 is 6.46. The molecule has 0 aliphatic carbocycles. The number of carbonyl (C=O) groups is 2. The second kappa shape index (κ2) is 11.2. The van der Waals surface area contributed by atoms with Gasteiger partial charge in [-0.1, -0.05) is 29.8 Å². The Morgan fingerprint density at radius 1 is 0.947 bits per heavy atom. The molecule has 7 nitrogen and oxygen atoms in total. The van der Waals surface area contributed by atoms with E-state index in [0.29, 0.717) is 41.7 Å². The molecule has 1 amide bonds. The number of rotatable bonds is 8. The molecule has 1 unspecified atom stereocenters. The van der Waals surface area contributed by atoms with Gasteiger partial charge in [0.2, 0.25) is 0 Å². The van der Waals surface area contributed by atoms with Crippen molar-refractivity contribution in [1.82, 2.24) is 0 Å². The number of nitrogens with zero attached hydrogens (tertiary/aromatic N) is 1. The third-order valence-corrected chi connectivity index (χ3v) is 6.71. The molecule has 1 N–H and O–H groups in total. The molecule has 3 aromatic carbocycles. The molecule has 1 aliphatic rings. The van der Waals surface area contributed by atoms with E-state index in [-0.39, 0.29) is 21.9 Å². The number of ether oxygens (including phenoxy) is 3. The van der Waals surface area contributed by atoms with E-state index in [1.54, 1.807) is 36.4 Å². The van der Waals surface area contributed by atoms with Gasteiger partial charge in [-0.05, 0) is 80.8 Å². The van der Waals surface area contributed by atoms with Gasteiger partial charge in [-0.2, -0.15) is 0 Å². The smallest absolute Gasteiger partial charge is 0.300 e. The fraction of sp³-hybridized carbons (Fsp3) is 0.267. The Kier molecular flexibility index (Phi) is 7.97. The van der Waals surface area contributed by atoms with E-state index >= 15 is 0 Å². The molecule has 1 saturated heterocycles. The molecule has 0 bridgehead atoms. The van der Waals surface area contributed by atoms with Gasteiger partial charge in [-0.25, -0.2) is 0 Å². The van der Waals surface area contributed by atoms with E-state index < -0.39 is 17.7 Å². The number of carbonyl (C=O) groups excluding carboxylic acids is 2. The van der Waals surface area contributed by atoms with Crippen LogP contribution in [0, 0.1) is 13.8 Å². The summed E-state index contributed by atoms with van der Waals surface area (Å²) in [6.45, 7) is 8.26. The van der Waals surface area contributed by atoms with Gasteiger partial charge < -0.3 is 19.3 Å². The molecule has 0 aromatic heterocycles. The zero-order valence-corrected chi connectivity index (χ0v) is 22.8. The summed E-state index contributed by atoms with van der Waals surface area (Å²) in [6, 6.07) is 14.7. The van der Waals surface area contributed by atoms with Gasteiger partial charge >= 0.3 is 0 Å². The lowest BCUT2D eigenvalue weighted by Gasteiger charge is -2.27. The zero-order valence-electron chi connectivity index (χ0n) is 22.0. The molecule has 198 valence electrons. The number of aliphatic hydroxyl groups is 1. The first kappa shape index (κ1) is 27.1. The number of ketones is 1. The highest BCUT2D eigenvalue weighted by Crippen LogP contribution is 2.46. The first-order chi connectivity index (χ1) is 18.2. The predicted molar refractivity (Wildman–Crippen MR) is 147 cm³/mol. The van der Waals surface area contributed by atoms with Crippen LogP contribution in [0.1, 0.15) is 42.1 Å². The number of benzene rings is 3. The van der Waals surface area contributed by atoms with Crippen LogP contribution < -0.4 is 19.1 Å². The van der Waals surface area contributed by atoms with Crippen LogP contribution in [0.5, 0.6) is 17.2 Å². The second-order valence-electron chi connectivity index (χ2n) is 8.88. The lowest BCUT2D eigenvalue weighted by molar-refractivity contribution is -0.132. The minimum absolute atomic E-state index is 0.0842. The fourth-order valence-corrected chi connectivity index (χ4v) is 4.80. The highest BCUT2D eigenvalue weighted by molar-refractivity contribution is 6.52. The summed E-state index contributed by atoms with van der Waals surface area (Å²) in [4.78, 5) is 28.6. The van der Waals surface area contributed by atoms with Gasteiger partial charge in [0.1, 0.15) is 11.5 Å². The average Bonchev–Trinajstić information content (AvgIpc) is 3.16. The van der Waals surface area contributed by atoms with E-state index in [4.69, 9.17) is 25.8 Å². The Morgan fingerprint density at radius 2 is 1.68 bits per heavy atom. The summed E-state index contributed by atoms with van der Waals surface area (Å²) < 4.78 is 16.8. The summed E-state index contributed by atoms with van der Waals surface area (Å²) in [5.41, 5.74) is 2.96. The minimum Gasteiger partial charge on any atom is -0.507 e. The number of aliphatic hydroxyl groups excluding tert-OH is 1. The first-order valence-corrected chi connectivity index (χ1v) is 12.7. The fourth-order valence-electron chi connectivity index (χ4n) is 4.59. The molecule has 0 saturated carbocycles. The van der Waals surface area contributed by atoms with Crippen molar-refractivity contribution < 1.29 is 28.9 Å². The van der Waals surface area contributed by atoms with Gasteiger partial charge in [0.15, 0.2) is 11.5 Å². The Hall–Kier alpha value is -3.97. The van der Waals surface area contributed by atoms with Crippen LogP contribution in [0.3, 0.4) is 0 Å². The molecule has 0 radical (unpaired) electrons. The Balaban J connectivity index is 2.01. The van der Waals surface area contributed by atoms with E-state index in [1.807, 2.05) is 45.9 Å². The van der Waals surface area contributed by atoms with Crippen molar-refractivity contribution >= 4 is 34.7 Å². The molecule has 38 heavy (non-hydrogen) atoms. The maximum atomic E-state index is 13.6. The number of hydrogen-bond acceptors (Lipinski definition) is 6. The van der Waals surface area contributed by atoms with Gasteiger partial charge in [0.25, 0.3) is 11.7 Å². The molecule has 4 rings (SSSR count). The van der Waals surface area contributed by atoms with Crippen molar-refractivity contribution in [3.63, 3.8) is 0 Å². The van der Waals surface area contributed by atoms with Crippen molar-refractivity contribution in [3.05, 3.63) is 87.4 Å². The lowest BCUT2D eigenvalue weighted by atomic mass is 9.94. The molecule has 1 fully saturated rings. The lowest BCUT2D eigenvalue weighted by Crippen LogP contribution is -2.30. The first-order valence-electron chi connectivity index (χ1n) is 12.3. The molecule has 0 spiro atoms. The summed E-state index contributed by atoms with van der Waals surface area (Å²) in [5.74, 6) is -0.526. The van der Waals surface area contributed by atoms with Gasteiger partial charge in [-0.3, -0.25) is 14.5 Å². The van der Waals surface area contributed by atoms with Crippen LogP contribution in [0.15, 0.2) is 60.2 Å². The number of methoxy groups -OCH3 is 1. The van der Waals surface area contributed by atoms with E-state index in [0.717, 1.165) is 11.1 Å². The Morgan fingerprint density at radius 3 is 2.37 bits per heavy atom.